The standard InChI is InChI=1S/C11H18N2O2S/c1-5-11(3,12-6-9(14)15-4)10-13-8(2)7-16-10/h7,12H,5-6H2,1-4H3/t11-/m1/s1. The van der Waals surface area contributed by atoms with Crippen molar-refractivity contribution in [2.24, 2.45) is 0 Å². The molecule has 0 unspecified atom stereocenters. The van der Waals surface area contributed by atoms with Gasteiger partial charge in [0.25, 0.3) is 0 Å². The lowest BCUT2D eigenvalue weighted by atomic mass is 10.00. The van der Waals surface area contributed by atoms with Gasteiger partial charge in [-0.25, -0.2) is 4.98 Å². The molecule has 1 N–H and O–H groups in total. The maximum absolute atomic E-state index is 11.1. The number of aromatic nitrogens is 1. The molecule has 1 aromatic rings. The normalized spacial score (nSPS) is 14.5. The molecule has 5 heteroatoms. The molecule has 0 fully saturated rings. The number of carbonyl (C=O) groups is 1. The Balaban J connectivity index is 2.73. The molecule has 1 atom stereocenters. The van der Waals surface area contributed by atoms with Gasteiger partial charge in [-0.3, -0.25) is 10.1 Å². The first kappa shape index (κ1) is 13.1. The van der Waals surface area contributed by atoms with Gasteiger partial charge < -0.3 is 4.74 Å². The van der Waals surface area contributed by atoms with Crippen LogP contribution < -0.4 is 5.32 Å². The predicted octanol–water partition coefficient (Wildman–Crippen LogP) is 1.84. The number of hydrogen-bond acceptors (Lipinski definition) is 5. The Bertz CT molecular complexity index is 365. The number of nitrogens with zero attached hydrogens (tertiary/aromatic N) is 1. The molecule has 0 radical (unpaired) electrons. The molecule has 0 aliphatic carbocycles. The fraction of sp³-hybridized carbons (Fsp3) is 0.636. The fourth-order valence-electron chi connectivity index (χ4n) is 1.30. The van der Waals surface area contributed by atoms with Crippen LogP contribution in [0.4, 0.5) is 0 Å². The average molecular weight is 242 g/mol. The summed E-state index contributed by atoms with van der Waals surface area (Å²) in [5, 5.41) is 6.23. The predicted molar refractivity (Wildman–Crippen MR) is 64.5 cm³/mol. The quantitative estimate of drug-likeness (QED) is 0.800. The lowest BCUT2D eigenvalue weighted by Crippen LogP contribution is -2.42. The van der Waals surface area contributed by atoms with Crippen LogP contribution in [0.15, 0.2) is 5.38 Å². The molecule has 0 spiro atoms. The van der Waals surface area contributed by atoms with E-state index < -0.39 is 0 Å². The molecule has 0 saturated carbocycles. The zero-order valence-electron chi connectivity index (χ0n) is 10.2. The first-order valence-electron chi connectivity index (χ1n) is 5.26. The van der Waals surface area contributed by atoms with Gasteiger partial charge >= 0.3 is 5.97 Å². The van der Waals surface area contributed by atoms with E-state index >= 15 is 0 Å². The van der Waals surface area contributed by atoms with Gasteiger partial charge in [0.1, 0.15) is 5.01 Å². The zero-order chi connectivity index (χ0) is 12.2. The van der Waals surface area contributed by atoms with Crippen LogP contribution in [0.1, 0.15) is 31.0 Å². The number of methoxy groups -OCH3 is 1. The Hall–Kier alpha value is -0.940. The van der Waals surface area contributed by atoms with E-state index in [1.165, 1.54) is 7.11 Å². The Kier molecular flexibility index (Phi) is 4.44. The minimum atomic E-state index is -0.257. The monoisotopic (exact) mass is 242 g/mol. The van der Waals surface area contributed by atoms with E-state index in [-0.39, 0.29) is 18.1 Å². The van der Waals surface area contributed by atoms with Crippen molar-refractivity contribution in [3.8, 4) is 0 Å². The second kappa shape index (κ2) is 5.41. The summed E-state index contributed by atoms with van der Waals surface area (Å²) in [7, 11) is 1.39. The second-order valence-electron chi connectivity index (χ2n) is 3.91. The topological polar surface area (TPSA) is 51.2 Å². The number of carbonyl (C=O) groups excluding carboxylic acids is 1. The highest BCUT2D eigenvalue weighted by molar-refractivity contribution is 7.09. The molecule has 0 aliphatic heterocycles. The lowest BCUT2D eigenvalue weighted by Gasteiger charge is -2.26. The molecule has 0 aliphatic rings. The first-order chi connectivity index (χ1) is 7.51. The number of thiazole rings is 1. The minimum Gasteiger partial charge on any atom is -0.468 e. The summed E-state index contributed by atoms with van der Waals surface area (Å²) in [5.74, 6) is -0.257. The molecule has 1 aromatic heterocycles. The Morgan fingerprint density at radius 3 is 2.81 bits per heavy atom. The van der Waals surface area contributed by atoms with Gasteiger partial charge in [0, 0.05) is 11.1 Å². The molecule has 1 heterocycles. The maximum atomic E-state index is 11.1. The van der Waals surface area contributed by atoms with Gasteiger partial charge in [-0.1, -0.05) is 6.92 Å². The third kappa shape index (κ3) is 3.02. The molecule has 0 bridgehead atoms. The number of esters is 1. The van der Waals surface area contributed by atoms with Gasteiger partial charge in [-0.05, 0) is 20.3 Å². The van der Waals surface area contributed by atoms with E-state index in [4.69, 9.17) is 0 Å². The van der Waals surface area contributed by atoms with Gasteiger partial charge in [-0.15, -0.1) is 11.3 Å². The SMILES string of the molecule is CC[C@@](C)(NCC(=O)OC)c1nc(C)cs1. The van der Waals surface area contributed by atoms with Crippen molar-refractivity contribution in [1.82, 2.24) is 10.3 Å². The van der Waals surface area contributed by atoms with E-state index in [2.05, 4.69) is 22.0 Å². The third-order valence-corrected chi connectivity index (χ3v) is 3.87. The summed E-state index contributed by atoms with van der Waals surface area (Å²) in [6.07, 6.45) is 0.872. The summed E-state index contributed by atoms with van der Waals surface area (Å²) in [4.78, 5) is 15.6. The highest BCUT2D eigenvalue weighted by Crippen LogP contribution is 2.27. The van der Waals surface area contributed by atoms with E-state index in [9.17, 15) is 4.79 Å². The van der Waals surface area contributed by atoms with Crippen molar-refractivity contribution >= 4 is 17.3 Å². The van der Waals surface area contributed by atoms with Gasteiger partial charge in [0.2, 0.25) is 0 Å². The van der Waals surface area contributed by atoms with Crippen LogP contribution in [0.5, 0.6) is 0 Å². The molecule has 0 saturated heterocycles. The maximum Gasteiger partial charge on any atom is 0.319 e. The number of rotatable bonds is 5. The van der Waals surface area contributed by atoms with Crippen LogP contribution in [0, 0.1) is 6.92 Å². The van der Waals surface area contributed by atoms with Crippen LogP contribution >= 0.6 is 11.3 Å². The minimum absolute atomic E-state index is 0.208. The number of nitrogens with one attached hydrogen (secondary N) is 1. The van der Waals surface area contributed by atoms with Crippen molar-refractivity contribution < 1.29 is 9.53 Å². The van der Waals surface area contributed by atoms with Crippen molar-refractivity contribution in [2.45, 2.75) is 32.7 Å². The van der Waals surface area contributed by atoms with Gasteiger partial charge in [-0.2, -0.15) is 0 Å². The third-order valence-electron chi connectivity index (χ3n) is 2.65. The zero-order valence-corrected chi connectivity index (χ0v) is 11.0. The van der Waals surface area contributed by atoms with Crippen molar-refractivity contribution in [2.75, 3.05) is 13.7 Å². The molecule has 0 amide bonds. The molecule has 0 aromatic carbocycles. The largest absolute Gasteiger partial charge is 0.468 e. The summed E-state index contributed by atoms with van der Waals surface area (Å²) in [6, 6.07) is 0. The summed E-state index contributed by atoms with van der Waals surface area (Å²) >= 11 is 1.61. The average Bonchev–Trinajstić information content (AvgIpc) is 2.72. The number of aryl methyl sites for hydroxylation is 1. The molecule has 4 nitrogen and oxygen atoms in total. The van der Waals surface area contributed by atoms with E-state index in [0.29, 0.717) is 0 Å². The van der Waals surface area contributed by atoms with Crippen molar-refractivity contribution in [1.29, 1.82) is 0 Å². The fourth-order valence-corrected chi connectivity index (χ4v) is 2.31. The van der Waals surface area contributed by atoms with Gasteiger partial charge in [0.05, 0.1) is 19.2 Å². The van der Waals surface area contributed by atoms with Crippen molar-refractivity contribution in [3.05, 3.63) is 16.1 Å². The summed E-state index contributed by atoms with van der Waals surface area (Å²) in [5.41, 5.74) is 0.757. The summed E-state index contributed by atoms with van der Waals surface area (Å²) in [6.45, 7) is 6.30. The van der Waals surface area contributed by atoms with Crippen LogP contribution in [0.3, 0.4) is 0 Å². The Labute approximate surface area is 100 Å². The molecular weight excluding hydrogens is 224 g/mol. The Morgan fingerprint density at radius 1 is 1.69 bits per heavy atom. The second-order valence-corrected chi connectivity index (χ2v) is 4.77. The first-order valence-corrected chi connectivity index (χ1v) is 6.14. The number of ether oxygens (including phenoxy) is 1. The Morgan fingerprint density at radius 2 is 2.38 bits per heavy atom. The molecule has 1 rings (SSSR count). The van der Waals surface area contributed by atoms with Crippen molar-refractivity contribution in [3.63, 3.8) is 0 Å². The summed E-state index contributed by atoms with van der Waals surface area (Å²) < 4.78 is 4.61. The smallest absolute Gasteiger partial charge is 0.319 e. The molecule has 90 valence electrons. The highest BCUT2D eigenvalue weighted by atomic mass is 32.1. The number of hydrogen-bond donors (Lipinski definition) is 1. The highest BCUT2D eigenvalue weighted by Gasteiger charge is 2.27. The van der Waals surface area contributed by atoms with Crippen LogP contribution in [-0.2, 0) is 15.1 Å². The molecular formula is C11H18N2O2S. The van der Waals surface area contributed by atoms with Crippen LogP contribution in [0.25, 0.3) is 0 Å². The van der Waals surface area contributed by atoms with E-state index in [1.54, 1.807) is 11.3 Å². The van der Waals surface area contributed by atoms with Gasteiger partial charge in [0.15, 0.2) is 0 Å². The molecule has 16 heavy (non-hydrogen) atoms. The lowest BCUT2D eigenvalue weighted by molar-refractivity contribution is -0.139. The van der Waals surface area contributed by atoms with Crippen LogP contribution in [-0.4, -0.2) is 24.6 Å². The van der Waals surface area contributed by atoms with Crippen LogP contribution in [0.2, 0.25) is 0 Å². The van der Waals surface area contributed by atoms with E-state index in [1.807, 2.05) is 19.2 Å². The van der Waals surface area contributed by atoms with E-state index in [0.717, 1.165) is 17.1 Å².